The summed E-state index contributed by atoms with van der Waals surface area (Å²) >= 11 is 0. The van der Waals surface area contributed by atoms with Gasteiger partial charge in [-0.1, -0.05) is 30.3 Å². The third-order valence-electron chi connectivity index (χ3n) is 3.21. The fraction of sp³-hybridized carbons (Fsp3) is 0.250. The molecule has 2 rings (SSSR count). The Morgan fingerprint density at radius 1 is 1.24 bits per heavy atom. The summed E-state index contributed by atoms with van der Waals surface area (Å²) in [6.07, 6.45) is -0.774. The van der Waals surface area contributed by atoms with E-state index < -0.39 is 16.9 Å². The number of ether oxygens (including phenoxy) is 1. The van der Waals surface area contributed by atoms with Gasteiger partial charge in [-0.15, -0.1) is 0 Å². The Labute approximate surface area is 127 Å². The first-order valence-electron chi connectivity index (χ1n) is 6.63. The Balaban J connectivity index is 2.06. The van der Waals surface area contributed by atoms with Crippen molar-refractivity contribution in [2.24, 2.45) is 5.73 Å². The first-order valence-corrected chi connectivity index (χ1v) is 7.95. The lowest BCUT2D eigenvalue weighted by Crippen LogP contribution is -2.09. The highest BCUT2D eigenvalue weighted by atomic mass is 32.2. The fourth-order valence-corrected chi connectivity index (χ4v) is 3.10. The Kier molecular flexibility index (Phi) is 5.50. The monoisotopic (exact) mass is 305 g/mol. The zero-order valence-corrected chi connectivity index (χ0v) is 12.7. The van der Waals surface area contributed by atoms with E-state index >= 15 is 0 Å². The third kappa shape index (κ3) is 4.14. The normalized spacial score (nSPS) is 13.7. The number of nitrogens with two attached hydrogens (primary N) is 1. The number of aliphatic hydroxyl groups excluding tert-OH is 1. The van der Waals surface area contributed by atoms with Crippen LogP contribution in [0.4, 0.5) is 0 Å². The van der Waals surface area contributed by atoms with Crippen LogP contribution in [0.2, 0.25) is 0 Å². The predicted octanol–water partition coefficient (Wildman–Crippen LogP) is 2.00. The molecular formula is C16H19NO3S. The van der Waals surface area contributed by atoms with Crippen molar-refractivity contribution in [1.82, 2.24) is 0 Å². The van der Waals surface area contributed by atoms with Crippen LogP contribution < -0.4 is 10.5 Å². The molecule has 2 aromatic rings. The van der Waals surface area contributed by atoms with Crippen molar-refractivity contribution in [3.8, 4) is 5.75 Å². The van der Waals surface area contributed by atoms with Crippen LogP contribution in [0.15, 0.2) is 53.4 Å². The molecule has 4 nitrogen and oxygen atoms in total. The van der Waals surface area contributed by atoms with Gasteiger partial charge in [0.25, 0.3) is 0 Å². The predicted molar refractivity (Wildman–Crippen MR) is 83.6 cm³/mol. The van der Waals surface area contributed by atoms with Crippen molar-refractivity contribution >= 4 is 10.8 Å². The van der Waals surface area contributed by atoms with Gasteiger partial charge in [0.2, 0.25) is 0 Å². The molecule has 5 heteroatoms. The molecule has 3 N–H and O–H groups in total. The summed E-state index contributed by atoms with van der Waals surface area (Å²) in [4.78, 5) is 0.645. The molecule has 112 valence electrons. The molecule has 0 radical (unpaired) electrons. The largest absolute Gasteiger partial charge is 0.497 e. The van der Waals surface area contributed by atoms with E-state index in [0.717, 1.165) is 11.1 Å². The van der Waals surface area contributed by atoms with Crippen LogP contribution in [0, 0.1) is 0 Å². The molecule has 0 aliphatic heterocycles. The summed E-state index contributed by atoms with van der Waals surface area (Å²) < 4.78 is 17.4. The summed E-state index contributed by atoms with van der Waals surface area (Å²) in [6, 6.07) is 14.4. The van der Waals surface area contributed by atoms with Crippen molar-refractivity contribution in [1.29, 1.82) is 0 Å². The molecule has 0 aliphatic carbocycles. The van der Waals surface area contributed by atoms with Crippen molar-refractivity contribution < 1.29 is 14.1 Å². The van der Waals surface area contributed by atoms with Crippen LogP contribution in [0.5, 0.6) is 5.75 Å². The van der Waals surface area contributed by atoms with Gasteiger partial charge in [-0.05, 0) is 29.3 Å². The van der Waals surface area contributed by atoms with E-state index in [9.17, 15) is 9.32 Å². The summed E-state index contributed by atoms with van der Waals surface area (Å²) in [7, 11) is 0.278. The Morgan fingerprint density at radius 2 is 1.95 bits per heavy atom. The van der Waals surface area contributed by atoms with E-state index in [2.05, 4.69) is 0 Å². The van der Waals surface area contributed by atoms with Gasteiger partial charge in [-0.3, -0.25) is 4.21 Å². The lowest BCUT2D eigenvalue weighted by molar-refractivity contribution is 0.203. The van der Waals surface area contributed by atoms with Gasteiger partial charge in [0.15, 0.2) is 0 Å². The van der Waals surface area contributed by atoms with Gasteiger partial charge >= 0.3 is 0 Å². The third-order valence-corrected chi connectivity index (χ3v) is 4.61. The molecule has 2 aromatic carbocycles. The van der Waals surface area contributed by atoms with E-state index in [0.29, 0.717) is 17.2 Å². The Bertz CT molecular complexity index is 613. The molecule has 0 amide bonds. The lowest BCUT2D eigenvalue weighted by Gasteiger charge is -2.12. The van der Waals surface area contributed by atoms with E-state index in [4.69, 9.17) is 10.5 Å². The maximum absolute atomic E-state index is 12.3. The molecule has 0 bridgehead atoms. The molecule has 2 unspecified atom stereocenters. The number of methoxy groups -OCH3 is 1. The minimum atomic E-state index is -1.29. The van der Waals surface area contributed by atoms with E-state index in [1.54, 1.807) is 31.4 Å². The van der Waals surface area contributed by atoms with Crippen molar-refractivity contribution in [2.45, 2.75) is 17.5 Å². The van der Waals surface area contributed by atoms with Gasteiger partial charge in [-0.25, -0.2) is 0 Å². The molecule has 0 spiro atoms. The molecule has 21 heavy (non-hydrogen) atoms. The molecule has 0 saturated carbocycles. The number of aliphatic hydroxyl groups is 1. The van der Waals surface area contributed by atoms with Crippen molar-refractivity contribution in [2.75, 3.05) is 12.9 Å². The topological polar surface area (TPSA) is 72.5 Å². The second-order valence-electron chi connectivity index (χ2n) is 4.65. The molecule has 0 aromatic heterocycles. The maximum Gasteiger partial charge on any atom is 0.120 e. The van der Waals surface area contributed by atoms with Crippen LogP contribution in [-0.4, -0.2) is 22.2 Å². The fourth-order valence-electron chi connectivity index (χ4n) is 1.95. The van der Waals surface area contributed by atoms with Gasteiger partial charge < -0.3 is 15.6 Å². The molecule has 0 fully saturated rings. The number of hydrogen-bond acceptors (Lipinski definition) is 4. The summed E-state index contributed by atoms with van der Waals surface area (Å²) in [5, 5.41) is 10.2. The maximum atomic E-state index is 12.3. The molecular weight excluding hydrogens is 286 g/mol. The van der Waals surface area contributed by atoms with E-state index in [1.807, 2.05) is 24.3 Å². The van der Waals surface area contributed by atoms with Crippen LogP contribution in [0.3, 0.4) is 0 Å². The second kappa shape index (κ2) is 7.36. The highest BCUT2D eigenvalue weighted by Gasteiger charge is 2.14. The second-order valence-corrected chi connectivity index (χ2v) is 6.15. The smallest absolute Gasteiger partial charge is 0.120 e. The zero-order valence-electron chi connectivity index (χ0n) is 11.9. The highest BCUT2D eigenvalue weighted by Crippen LogP contribution is 2.20. The van der Waals surface area contributed by atoms with E-state index in [1.165, 1.54) is 0 Å². The number of hydrogen-bond donors (Lipinski definition) is 2. The molecule has 0 aliphatic rings. The number of rotatable bonds is 6. The molecule has 0 saturated heterocycles. The van der Waals surface area contributed by atoms with Crippen molar-refractivity contribution in [3.63, 3.8) is 0 Å². The average molecular weight is 305 g/mol. The van der Waals surface area contributed by atoms with Crippen LogP contribution in [0.1, 0.15) is 17.2 Å². The van der Waals surface area contributed by atoms with Gasteiger partial charge in [0, 0.05) is 11.4 Å². The Morgan fingerprint density at radius 3 is 2.57 bits per heavy atom. The summed E-state index contributed by atoms with van der Waals surface area (Å²) in [5.41, 5.74) is 7.28. The Hall–Kier alpha value is -1.69. The van der Waals surface area contributed by atoms with E-state index in [-0.39, 0.29) is 5.75 Å². The standard InChI is InChI=1S/C16H19NO3S/c1-20-14-3-2-4-15(9-14)21(19)11-16(18)13-7-5-12(10-17)6-8-13/h2-9,16,18H,10-11,17H2,1H3. The molecule has 0 heterocycles. The van der Waals surface area contributed by atoms with Crippen LogP contribution >= 0.6 is 0 Å². The first kappa shape index (κ1) is 15.7. The van der Waals surface area contributed by atoms with Gasteiger partial charge in [0.05, 0.1) is 29.8 Å². The lowest BCUT2D eigenvalue weighted by atomic mass is 10.1. The molecule has 2 atom stereocenters. The first-order chi connectivity index (χ1) is 10.1. The van der Waals surface area contributed by atoms with Gasteiger partial charge in [-0.2, -0.15) is 0 Å². The van der Waals surface area contributed by atoms with Gasteiger partial charge in [0.1, 0.15) is 5.75 Å². The van der Waals surface area contributed by atoms with Crippen LogP contribution in [0.25, 0.3) is 0 Å². The SMILES string of the molecule is COc1cccc(S(=O)CC(O)c2ccc(CN)cc2)c1. The average Bonchev–Trinajstić information content (AvgIpc) is 2.54. The summed E-state index contributed by atoms with van der Waals surface area (Å²) in [6.45, 7) is 0.464. The minimum Gasteiger partial charge on any atom is -0.497 e. The minimum absolute atomic E-state index is 0.148. The highest BCUT2D eigenvalue weighted by molar-refractivity contribution is 7.85. The zero-order chi connectivity index (χ0) is 15.2. The number of benzene rings is 2. The quantitative estimate of drug-likeness (QED) is 0.856. The van der Waals surface area contributed by atoms with Crippen molar-refractivity contribution in [3.05, 3.63) is 59.7 Å². The van der Waals surface area contributed by atoms with Crippen LogP contribution in [-0.2, 0) is 17.3 Å². The summed E-state index contributed by atoms with van der Waals surface area (Å²) in [5.74, 6) is 0.803.